The van der Waals surface area contributed by atoms with E-state index in [0.29, 0.717) is 17.0 Å². The fourth-order valence-corrected chi connectivity index (χ4v) is 4.64. The molecule has 1 aliphatic heterocycles. The Morgan fingerprint density at radius 1 is 1.06 bits per heavy atom. The number of phenols is 1. The highest BCUT2D eigenvalue weighted by Gasteiger charge is 2.48. The zero-order valence-electron chi connectivity index (χ0n) is 19.4. The van der Waals surface area contributed by atoms with Crippen LogP contribution in [-0.4, -0.2) is 40.3 Å². The number of benzene rings is 3. The number of anilines is 1. The van der Waals surface area contributed by atoms with Crippen molar-refractivity contribution in [1.82, 2.24) is 9.55 Å². The maximum Gasteiger partial charge on any atom is 0.321 e. The number of para-hydroxylation sites is 2. The molecular formula is C27H25N3O5. The van der Waals surface area contributed by atoms with Crippen molar-refractivity contribution in [3.05, 3.63) is 83.9 Å². The number of carbonyl (C=O) groups excluding carboxylic acids is 2. The number of aromatic hydroxyl groups is 1. The summed E-state index contributed by atoms with van der Waals surface area (Å²) in [5, 5.41) is 10.2. The van der Waals surface area contributed by atoms with Crippen molar-refractivity contribution >= 4 is 28.9 Å². The first kappa shape index (κ1) is 22.5. The maximum absolute atomic E-state index is 14.0. The average Bonchev–Trinajstić information content (AvgIpc) is 3.26. The number of ether oxygens (including phenoxy) is 2. The van der Waals surface area contributed by atoms with E-state index in [1.807, 2.05) is 59.2 Å². The van der Waals surface area contributed by atoms with Gasteiger partial charge in [-0.05, 0) is 42.3 Å². The Morgan fingerprint density at radius 3 is 2.54 bits per heavy atom. The smallest absolute Gasteiger partial charge is 0.321 e. The molecule has 1 aromatic heterocycles. The van der Waals surface area contributed by atoms with Crippen LogP contribution in [0.15, 0.2) is 72.8 Å². The van der Waals surface area contributed by atoms with Crippen LogP contribution in [-0.2, 0) is 20.9 Å². The molecule has 0 radical (unpaired) electrons. The van der Waals surface area contributed by atoms with Crippen molar-refractivity contribution in [3.63, 3.8) is 0 Å². The summed E-state index contributed by atoms with van der Waals surface area (Å²) < 4.78 is 12.6. The van der Waals surface area contributed by atoms with Gasteiger partial charge in [-0.25, -0.2) is 4.98 Å². The maximum atomic E-state index is 14.0. The first-order valence-corrected chi connectivity index (χ1v) is 11.4. The summed E-state index contributed by atoms with van der Waals surface area (Å²) in [7, 11) is 1.45. The highest BCUT2D eigenvalue weighted by molar-refractivity contribution is 6.08. The van der Waals surface area contributed by atoms with E-state index in [0.717, 1.165) is 11.1 Å². The summed E-state index contributed by atoms with van der Waals surface area (Å²) in [4.78, 5) is 33.6. The van der Waals surface area contributed by atoms with Crippen LogP contribution in [0.5, 0.6) is 11.5 Å². The monoisotopic (exact) mass is 471 g/mol. The molecule has 35 heavy (non-hydrogen) atoms. The van der Waals surface area contributed by atoms with Gasteiger partial charge in [0.25, 0.3) is 0 Å². The van der Waals surface area contributed by atoms with E-state index in [9.17, 15) is 14.7 Å². The third kappa shape index (κ3) is 3.86. The van der Waals surface area contributed by atoms with Crippen LogP contribution in [0.2, 0.25) is 0 Å². The van der Waals surface area contributed by atoms with Gasteiger partial charge in [-0.15, -0.1) is 0 Å². The minimum Gasteiger partial charge on any atom is -0.504 e. The van der Waals surface area contributed by atoms with Crippen molar-refractivity contribution in [1.29, 1.82) is 0 Å². The zero-order valence-corrected chi connectivity index (χ0v) is 19.4. The molecule has 0 saturated carbocycles. The summed E-state index contributed by atoms with van der Waals surface area (Å²) in [5.74, 6) is -1.51. The minimum atomic E-state index is -1.15. The molecule has 0 unspecified atom stereocenters. The fraction of sp³-hybridized carbons (Fsp3) is 0.222. The number of amides is 1. The predicted molar refractivity (Wildman–Crippen MR) is 130 cm³/mol. The van der Waals surface area contributed by atoms with Gasteiger partial charge < -0.3 is 19.1 Å². The number of hydrogen-bond donors (Lipinski definition) is 1. The quantitative estimate of drug-likeness (QED) is 0.337. The fourth-order valence-electron chi connectivity index (χ4n) is 4.64. The molecule has 3 aromatic carbocycles. The minimum absolute atomic E-state index is 0.0347. The summed E-state index contributed by atoms with van der Waals surface area (Å²) in [5.41, 5.74) is 3.01. The van der Waals surface area contributed by atoms with E-state index in [1.54, 1.807) is 24.0 Å². The molecule has 0 fully saturated rings. The lowest BCUT2D eigenvalue weighted by atomic mass is 9.89. The van der Waals surface area contributed by atoms with E-state index >= 15 is 0 Å². The van der Waals surface area contributed by atoms with Crippen LogP contribution in [0.3, 0.4) is 0 Å². The molecule has 2 heterocycles. The second kappa shape index (κ2) is 9.13. The van der Waals surface area contributed by atoms with Crippen LogP contribution in [0.4, 0.5) is 5.95 Å². The third-order valence-corrected chi connectivity index (χ3v) is 6.21. The van der Waals surface area contributed by atoms with Gasteiger partial charge in [0.2, 0.25) is 11.9 Å². The van der Waals surface area contributed by atoms with Gasteiger partial charge in [-0.3, -0.25) is 14.5 Å². The van der Waals surface area contributed by atoms with Crippen molar-refractivity contribution in [2.45, 2.75) is 19.5 Å². The molecule has 0 aliphatic carbocycles. The molecule has 8 heteroatoms. The van der Waals surface area contributed by atoms with Crippen molar-refractivity contribution in [3.8, 4) is 11.5 Å². The number of phenolic OH excluding ortho intramolecular Hbond substituents is 1. The van der Waals surface area contributed by atoms with Crippen LogP contribution in [0, 0.1) is 5.92 Å². The molecule has 8 nitrogen and oxygen atoms in total. The molecule has 1 aliphatic rings. The average molecular weight is 472 g/mol. The van der Waals surface area contributed by atoms with Crippen LogP contribution >= 0.6 is 0 Å². The number of hydrogen-bond acceptors (Lipinski definition) is 6. The first-order valence-electron chi connectivity index (χ1n) is 11.4. The lowest BCUT2D eigenvalue weighted by Crippen LogP contribution is -2.49. The number of nitrogens with zero attached hydrogens (tertiary/aromatic N) is 3. The number of methoxy groups -OCH3 is 1. The highest BCUT2D eigenvalue weighted by atomic mass is 16.5. The molecule has 1 amide bonds. The Balaban J connectivity index is 1.76. The molecular weight excluding hydrogens is 446 g/mol. The standard InChI is InChI=1S/C27H25N3O5/c1-3-35-26(33)23-24(18-13-14-21(31)22(15-18)34-2)30-20-12-8-7-11-19(20)28-27(30)29(25(23)32)16-17-9-5-4-6-10-17/h4-15,23-24,31H,3,16H2,1-2H3/t23-,24-/m1/s1. The zero-order chi connectivity index (χ0) is 24.5. The second-order valence-corrected chi connectivity index (χ2v) is 8.29. The Morgan fingerprint density at radius 2 is 1.80 bits per heavy atom. The van der Waals surface area contributed by atoms with Gasteiger partial charge in [-0.1, -0.05) is 48.5 Å². The van der Waals surface area contributed by atoms with Gasteiger partial charge in [0.05, 0.1) is 37.3 Å². The Kier molecular flexibility index (Phi) is 5.86. The van der Waals surface area contributed by atoms with E-state index in [1.165, 1.54) is 13.2 Å². The number of rotatable bonds is 6. The van der Waals surface area contributed by atoms with Gasteiger partial charge in [0.15, 0.2) is 17.4 Å². The molecule has 5 rings (SSSR count). The predicted octanol–water partition coefficient (Wildman–Crippen LogP) is 4.07. The highest BCUT2D eigenvalue weighted by Crippen LogP contribution is 2.43. The van der Waals surface area contributed by atoms with Crippen molar-refractivity contribution in [2.24, 2.45) is 5.92 Å². The van der Waals surface area contributed by atoms with E-state index < -0.39 is 23.8 Å². The summed E-state index contributed by atoms with van der Waals surface area (Å²) in [6, 6.07) is 21.2. The van der Waals surface area contributed by atoms with E-state index in [4.69, 9.17) is 14.5 Å². The normalized spacial score (nSPS) is 17.3. The number of aromatic nitrogens is 2. The topological polar surface area (TPSA) is 93.9 Å². The van der Waals surface area contributed by atoms with Crippen LogP contribution in [0.25, 0.3) is 11.0 Å². The molecule has 1 N–H and O–H groups in total. The van der Waals surface area contributed by atoms with Crippen LogP contribution in [0.1, 0.15) is 24.1 Å². The van der Waals surface area contributed by atoms with Gasteiger partial charge in [-0.2, -0.15) is 0 Å². The Labute approximate surface area is 202 Å². The number of carbonyl (C=O) groups is 2. The summed E-state index contributed by atoms with van der Waals surface area (Å²) in [6.07, 6.45) is 0. The molecule has 0 saturated heterocycles. The van der Waals surface area contributed by atoms with Gasteiger partial charge >= 0.3 is 5.97 Å². The summed E-state index contributed by atoms with van der Waals surface area (Å²) in [6.45, 7) is 2.11. The van der Waals surface area contributed by atoms with E-state index in [2.05, 4.69) is 0 Å². The molecule has 0 bridgehead atoms. The van der Waals surface area contributed by atoms with Gasteiger partial charge in [0, 0.05) is 0 Å². The number of fused-ring (bicyclic) bond motifs is 3. The Bertz CT molecular complexity index is 1400. The largest absolute Gasteiger partial charge is 0.504 e. The lowest BCUT2D eigenvalue weighted by Gasteiger charge is -2.38. The van der Waals surface area contributed by atoms with Crippen molar-refractivity contribution < 1.29 is 24.2 Å². The van der Waals surface area contributed by atoms with E-state index in [-0.39, 0.29) is 24.7 Å². The second-order valence-electron chi connectivity index (χ2n) is 8.29. The third-order valence-electron chi connectivity index (χ3n) is 6.21. The van der Waals surface area contributed by atoms with Crippen molar-refractivity contribution in [2.75, 3.05) is 18.6 Å². The molecule has 4 aromatic rings. The summed E-state index contributed by atoms with van der Waals surface area (Å²) >= 11 is 0. The molecule has 0 spiro atoms. The lowest BCUT2D eigenvalue weighted by molar-refractivity contribution is -0.153. The number of imidazole rings is 1. The Hall–Kier alpha value is -4.33. The van der Waals surface area contributed by atoms with Gasteiger partial charge in [0.1, 0.15) is 0 Å². The molecule has 2 atom stereocenters. The SMILES string of the molecule is CCOC(=O)[C@H]1C(=O)N(Cc2ccccc2)c2nc3ccccc3n2[C@@H]1c1ccc(O)c(OC)c1. The molecule has 178 valence electrons. The van der Waals surface area contributed by atoms with Crippen LogP contribution < -0.4 is 9.64 Å². The first-order chi connectivity index (χ1) is 17.0. The number of esters is 1.